The molecular formula is C29H33N3O3S. The molecule has 1 atom stereocenters. The number of hydrogen-bond donors (Lipinski definition) is 2. The fourth-order valence-corrected chi connectivity index (χ4v) is 5.73. The van der Waals surface area contributed by atoms with Crippen molar-refractivity contribution in [3.63, 3.8) is 0 Å². The number of aryl methyl sites for hydroxylation is 2. The first-order chi connectivity index (χ1) is 17.5. The van der Waals surface area contributed by atoms with Gasteiger partial charge in [-0.15, -0.1) is 0 Å². The van der Waals surface area contributed by atoms with Gasteiger partial charge < -0.3 is 19.6 Å². The molecule has 0 spiro atoms. The Hall–Kier alpha value is -3.16. The molecule has 2 N–H and O–H groups in total. The quantitative estimate of drug-likeness (QED) is 0.349. The van der Waals surface area contributed by atoms with E-state index in [1.807, 2.05) is 42.6 Å². The van der Waals surface area contributed by atoms with Crippen LogP contribution in [0.25, 0.3) is 22.0 Å². The van der Waals surface area contributed by atoms with E-state index in [0.29, 0.717) is 17.0 Å². The van der Waals surface area contributed by atoms with Crippen LogP contribution in [0.15, 0.2) is 65.7 Å². The number of fused-ring (bicyclic) bond motifs is 1. The van der Waals surface area contributed by atoms with Crippen LogP contribution in [-0.4, -0.2) is 33.1 Å². The molecule has 0 saturated carbocycles. The van der Waals surface area contributed by atoms with Gasteiger partial charge >= 0.3 is 0 Å². The summed E-state index contributed by atoms with van der Waals surface area (Å²) in [6.45, 7) is 2.27. The summed E-state index contributed by atoms with van der Waals surface area (Å²) in [6, 6.07) is 16.2. The smallest absolute Gasteiger partial charge is 0.274 e. The van der Waals surface area contributed by atoms with Crippen molar-refractivity contribution < 1.29 is 8.95 Å². The Kier molecular flexibility index (Phi) is 7.39. The van der Waals surface area contributed by atoms with Crippen LogP contribution < -0.4 is 15.6 Å². The first-order valence-corrected chi connectivity index (χ1v) is 14.3. The number of hydrogen-bond acceptors (Lipinski definition) is 4. The SMILES string of the molecule is Cn1cc(-c2cc(CS(C)=O)ccc2Oc2ccc(CCC3CCNCC3)cc2)c2cc[nH]c2c1=O. The molecule has 36 heavy (non-hydrogen) atoms. The predicted octanol–water partition coefficient (Wildman–Crippen LogP) is 5.14. The maximum Gasteiger partial charge on any atom is 0.274 e. The van der Waals surface area contributed by atoms with E-state index in [-0.39, 0.29) is 5.56 Å². The van der Waals surface area contributed by atoms with E-state index in [9.17, 15) is 9.00 Å². The number of aromatic nitrogens is 2. The number of pyridine rings is 1. The van der Waals surface area contributed by atoms with Crippen molar-refractivity contribution in [2.45, 2.75) is 31.4 Å². The standard InChI is InChI=1S/C29H33N3O3S/c1-32-18-26(24-13-16-31-28(24)29(32)33)25-17-22(19-36(2)34)7-10-27(25)35-23-8-5-20(6-9-23)3-4-21-11-14-30-15-12-21/h5-10,13,16-18,21,30-31H,3-4,11-12,14-15,19H2,1-2H3. The zero-order valence-electron chi connectivity index (χ0n) is 20.9. The number of ether oxygens (including phenoxy) is 1. The lowest BCUT2D eigenvalue weighted by Gasteiger charge is -2.22. The molecule has 2 aromatic carbocycles. The van der Waals surface area contributed by atoms with Crippen molar-refractivity contribution in [1.29, 1.82) is 0 Å². The van der Waals surface area contributed by atoms with E-state index >= 15 is 0 Å². The zero-order chi connectivity index (χ0) is 25.1. The fraction of sp³-hybridized carbons (Fsp3) is 0.345. The maximum atomic E-state index is 12.6. The Morgan fingerprint density at radius 1 is 1.03 bits per heavy atom. The van der Waals surface area contributed by atoms with Crippen LogP contribution >= 0.6 is 0 Å². The normalized spacial score (nSPS) is 15.3. The lowest BCUT2D eigenvalue weighted by atomic mass is 9.91. The van der Waals surface area contributed by atoms with Gasteiger partial charge in [0.2, 0.25) is 0 Å². The second-order valence-corrected chi connectivity index (χ2v) is 11.2. The molecule has 3 heterocycles. The molecule has 1 unspecified atom stereocenters. The average Bonchev–Trinajstić information content (AvgIpc) is 3.37. The molecule has 5 rings (SSSR count). The van der Waals surface area contributed by atoms with E-state index in [4.69, 9.17) is 4.74 Å². The van der Waals surface area contributed by atoms with Crippen molar-refractivity contribution >= 4 is 21.7 Å². The Labute approximate surface area is 214 Å². The van der Waals surface area contributed by atoms with Gasteiger partial charge in [0.1, 0.15) is 17.0 Å². The molecule has 0 amide bonds. The number of nitrogens with zero attached hydrogens (tertiary/aromatic N) is 1. The topological polar surface area (TPSA) is 76.1 Å². The number of rotatable bonds is 8. The molecule has 6 nitrogen and oxygen atoms in total. The van der Waals surface area contributed by atoms with E-state index in [1.165, 1.54) is 24.8 Å². The summed E-state index contributed by atoms with van der Waals surface area (Å²) < 4.78 is 19.9. The number of benzene rings is 2. The molecule has 1 saturated heterocycles. The van der Waals surface area contributed by atoms with Gasteiger partial charge in [-0.25, -0.2) is 0 Å². The minimum Gasteiger partial charge on any atom is -0.457 e. The van der Waals surface area contributed by atoms with Crippen LogP contribution in [0.5, 0.6) is 11.5 Å². The minimum atomic E-state index is -0.966. The first kappa shape index (κ1) is 24.5. The largest absolute Gasteiger partial charge is 0.457 e. The van der Waals surface area contributed by atoms with E-state index < -0.39 is 10.8 Å². The first-order valence-electron chi connectivity index (χ1n) is 12.6. The van der Waals surface area contributed by atoms with Gasteiger partial charge in [0, 0.05) is 58.8 Å². The summed E-state index contributed by atoms with van der Waals surface area (Å²) in [6.07, 6.45) is 10.2. The minimum absolute atomic E-state index is 0.0767. The second-order valence-electron chi connectivity index (χ2n) is 9.75. The van der Waals surface area contributed by atoms with Crippen LogP contribution in [0.1, 0.15) is 30.4 Å². The molecule has 2 aromatic heterocycles. The summed E-state index contributed by atoms with van der Waals surface area (Å²) in [7, 11) is 0.784. The number of aromatic amines is 1. The third-order valence-corrected chi connectivity index (χ3v) is 7.79. The van der Waals surface area contributed by atoms with E-state index in [1.54, 1.807) is 24.1 Å². The second kappa shape index (κ2) is 10.8. The van der Waals surface area contributed by atoms with Gasteiger partial charge in [0.15, 0.2) is 0 Å². The zero-order valence-corrected chi connectivity index (χ0v) is 21.7. The van der Waals surface area contributed by atoms with Gasteiger partial charge in [0.25, 0.3) is 5.56 Å². The molecule has 4 aromatic rings. The Morgan fingerprint density at radius 3 is 2.53 bits per heavy atom. The van der Waals surface area contributed by atoms with Crippen LogP contribution in [0.3, 0.4) is 0 Å². The third kappa shape index (κ3) is 5.47. The van der Waals surface area contributed by atoms with Crippen LogP contribution in [0.2, 0.25) is 0 Å². The van der Waals surface area contributed by atoms with Crippen molar-refractivity contribution in [3.8, 4) is 22.6 Å². The molecule has 7 heteroatoms. The van der Waals surface area contributed by atoms with Gasteiger partial charge in [-0.3, -0.25) is 9.00 Å². The highest BCUT2D eigenvalue weighted by Gasteiger charge is 2.16. The van der Waals surface area contributed by atoms with E-state index in [2.05, 4.69) is 22.4 Å². The van der Waals surface area contributed by atoms with Crippen LogP contribution in [0, 0.1) is 5.92 Å². The Bertz CT molecular complexity index is 1430. The van der Waals surface area contributed by atoms with Gasteiger partial charge in [-0.2, -0.15) is 0 Å². The van der Waals surface area contributed by atoms with Gasteiger partial charge in [0.05, 0.1) is 0 Å². The average molecular weight is 504 g/mol. The summed E-state index contributed by atoms with van der Waals surface area (Å²) in [5.74, 6) is 2.74. The molecule has 1 aliphatic heterocycles. The maximum absolute atomic E-state index is 12.6. The van der Waals surface area contributed by atoms with Crippen molar-refractivity contribution in [2.75, 3.05) is 19.3 Å². The van der Waals surface area contributed by atoms with Crippen LogP contribution in [-0.2, 0) is 30.0 Å². The monoisotopic (exact) mass is 503 g/mol. The molecule has 1 aliphatic rings. The third-order valence-electron chi connectivity index (χ3n) is 7.05. The number of H-pyrrole nitrogens is 1. The molecule has 0 bridgehead atoms. The summed E-state index contributed by atoms with van der Waals surface area (Å²) in [5.41, 5.74) is 4.53. The Morgan fingerprint density at radius 2 is 1.78 bits per heavy atom. The summed E-state index contributed by atoms with van der Waals surface area (Å²) >= 11 is 0. The van der Waals surface area contributed by atoms with Crippen molar-refractivity contribution in [1.82, 2.24) is 14.9 Å². The molecule has 0 aliphatic carbocycles. The van der Waals surface area contributed by atoms with Crippen molar-refractivity contribution in [3.05, 3.63) is 82.4 Å². The van der Waals surface area contributed by atoms with E-state index in [0.717, 1.165) is 53.3 Å². The molecule has 188 valence electrons. The molecule has 0 radical (unpaired) electrons. The summed E-state index contributed by atoms with van der Waals surface area (Å²) in [5, 5.41) is 4.28. The number of nitrogens with one attached hydrogen (secondary N) is 2. The molecular weight excluding hydrogens is 470 g/mol. The lowest BCUT2D eigenvalue weighted by molar-refractivity contribution is 0.354. The molecule has 1 fully saturated rings. The lowest BCUT2D eigenvalue weighted by Crippen LogP contribution is -2.27. The highest BCUT2D eigenvalue weighted by Crippen LogP contribution is 2.37. The summed E-state index contributed by atoms with van der Waals surface area (Å²) in [4.78, 5) is 15.7. The highest BCUT2D eigenvalue weighted by molar-refractivity contribution is 7.83. The van der Waals surface area contributed by atoms with Gasteiger partial charge in [-0.05, 0) is 86.1 Å². The van der Waals surface area contributed by atoms with Crippen LogP contribution in [0.4, 0.5) is 0 Å². The fourth-order valence-electron chi connectivity index (χ4n) is 5.08. The van der Waals surface area contributed by atoms with Gasteiger partial charge in [-0.1, -0.05) is 18.2 Å². The number of piperidine rings is 1. The van der Waals surface area contributed by atoms with Crippen molar-refractivity contribution in [2.24, 2.45) is 13.0 Å². The predicted molar refractivity (Wildman–Crippen MR) is 147 cm³/mol. The Balaban J connectivity index is 1.44. The highest BCUT2D eigenvalue weighted by atomic mass is 32.2.